The second-order valence-electron chi connectivity index (χ2n) is 7.40. The molecule has 0 aromatic carbocycles. The highest BCUT2D eigenvalue weighted by Crippen LogP contribution is 2.75. The van der Waals surface area contributed by atoms with Crippen molar-refractivity contribution in [1.82, 2.24) is 0 Å². The van der Waals surface area contributed by atoms with Gasteiger partial charge in [0.1, 0.15) is 0 Å². The highest BCUT2D eigenvalue weighted by molar-refractivity contribution is 6.50. The maximum Gasteiger partial charge on any atom is 0.395 e. The second kappa shape index (κ2) is 4.69. The maximum absolute atomic E-state index is 6.17. The van der Waals surface area contributed by atoms with Gasteiger partial charge in [-0.3, -0.25) is 0 Å². The number of fused-ring (bicyclic) bond motifs is 9. The molecule has 0 spiro atoms. The summed E-state index contributed by atoms with van der Waals surface area (Å²) < 4.78 is 12.3. The Morgan fingerprint density at radius 1 is 1.20 bits per heavy atom. The van der Waals surface area contributed by atoms with Crippen LogP contribution in [0.2, 0.25) is 5.04 Å². The monoisotopic (exact) mass is 291 g/mol. The highest BCUT2D eigenvalue weighted by atomic mass is 28.3. The summed E-state index contributed by atoms with van der Waals surface area (Å²) in [4.78, 5) is 0. The second-order valence-corrected chi connectivity index (χ2v) is 9.48. The number of hydrogen-bond donors (Lipinski definition) is 0. The van der Waals surface area contributed by atoms with Crippen LogP contribution in [0.15, 0.2) is 12.2 Å². The Kier molecular flexibility index (Phi) is 3.17. The standard InChI is InChI=1S/C17H27O2Si/c1-4-18-20(19-5-2)17-7-6-12(10-17)15-13-8-11(3)14(9-13)16(15)17/h6-7,11-16H,4-5,8-10H2,1-3H3. The third-order valence-electron chi connectivity index (χ3n) is 6.64. The lowest BCUT2D eigenvalue weighted by molar-refractivity contribution is 0.129. The first-order valence-corrected chi connectivity index (χ1v) is 9.85. The zero-order valence-electron chi connectivity index (χ0n) is 13.0. The van der Waals surface area contributed by atoms with Gasteiger partial charge < -0.3 is 8.85 Å². The number of hydrogen-bond acceptors (Lipinski definition) is 2. The van der Waals surface area contributed by atoms with E-state index in [1.54, 1.807) is 0 Å². The molecule has 3 fully saturated rings. The van der Waals surface area contributed by atoms with Gasteiger partial charge in [-0.15, -0.1) is 0 Å². The molecule has 0 aromatic heterocycles. The Bertz CT molecular complexity index is 417. The topological polar surface area (TPSA) is 18.5 Å². The summed E-state index contributed by atoms with van der Waals surface area (Å²) in [6.45, 7) is 8.32. The van der Waals surface area contributed by atoms with E-state index >= 15 is 0 Å². The van der Waals surface area contributed by atoms with Gasteiger partial charge in [0.05, 0.1) is 0 Å². The van der Waals surface area contributed by atoms with E-state index in [1.165, 1.54) is 19.3 Å². The average Bonchev–Trinajstić information content (AvgIpc) is 3.15. The quantitative estimate of drug-likeness (QED) is 0.436. The van der Waals surface area contributed by atoms with Crippen molar-refractivity contribution in [2.75, 3.05) is 13.2 Å². The Hall–Kier alpha value is -0.123. The molecule has 0 aliphatic heterocycles. The molecule has 0 heterocycles. The van der Waals surface area contributed by atoms with Crippen LogP contribution in [0.4, 0.5) is 0 Å². The molecule has 1 radical (unpaired) electrons. The lowest BCUT2D eigenvalue weighted by atomic mass is 9.69. The van der Waals surface area contributed by atoms with Gasteiger partial charge in [-0.2, -0.15) is 0 Å². The molecule has 4 aliphatic carbocycles. The fourth-order valence-corrected chi connectivity index (χ4v) is 8.72. The van der Waals surface area contributed by atoms with Crippen molar-refractivity contribution >= 4 is 9.28 Å². The summed E-state index contributed by atoms with van der Waals surface area (Å²) >= 11 is 0. The Labute approximate surface area is 124 Å². The SMILES string of the molecule is CCO[Si](OCC)C12C=CC(C1)C1C3CC(C)C(C3)C12. The minimum absolute atomic E-state index is 0.292. The van der Waals surface area contributed by atoms with Gasteiger partial charge in [-0.05, 0) is 68.6 Å². The maximum atomic E-state index is 6.17. The van der Waals surface area contributed by atoms with Crippen LogP contribution in [0, 0.1) is 35.5 Å². The summed E-state index contributed by atoms with van der Waals surface area (Å²) in [6, 6.07) is 0. The fourth-order valence-electron chi connectivity index (χ4n) is 6.26. The minimum Gasteiger partial charge on any atom is -0.393 e. The first-order valence-electron chi connectivity index (χ1n) is 8.53. The van der Waals surface area contributed by atoms with Crippen molar-refractivity contribution in [3.05, 3.63) is 12.2 Å². The molecule has 4 aliphatic rings. The third-order valence-corrected chi connectivity index (χ3v) is 9.20. The Morgan fingerprint density at radius 3 is 2.65 bits per heavy atom. The van der Waals surface area contributed by atoms with Crippen molar-refractivity contribution in [3.8, 4) is 0 Å². The molecule has 3 saturated carbocycles. The van der Waals surface area contributed by atoms with E-state index in [1.807, 2.05) is 0 Å². The molecular formula is C17H27O2Si. The van der Waals surface area contributed by atoms with E-state index in [0.29, 0.717) is 5.04 Å². The summed E-state index contributed by atoms with van der Waals surface area (Å²) in [7, 11) is -1.18. The highest BCUT2D eigenvalue weighted by Gasteiger charge is 2.69. The van der Waals surface area contributed by atoms with Crippen LogP contribution < -0.4 is 0 Å². The molecule has 20 heavy (non-hydrogen) atoms. The molecule has 3 heteroatoms. The minimum atomic E-state index is -1.18. The van der Waals surface area contributed by atoms with Gasteiger partial charge >= 0.3 is 9.28 Å². The van der Waals surface area contributed by atoms with Crippen molar-refractivity contribution < 1.29 is 8.85 Å². The van der Waals surface area contributed by atoms with Crippen molar-refractivity contribution in [1.29, 1.82) is 0 Å². The normalized spacial score (nSPS) is 51.4. The van der Waals surface area contributed by atoms with Crippen LogP contribution in [-0.4, -0.2) is 22.5 Å². The van der Waals surface area contributed by atoms with Crippen LogP contribution in [0.25, 0.3) is 0 Å². The summed E-state index contributed by atoms with van der Waals surface area (Å²) in [5, 5.41) is 0.292. The van der Waals surface area contributed by atoms with E-state index in [9.17, 15) is 0 Å². The first-order chi connectivity index (χ1) is 9.71. The van der Waals surface area contributed by atoms with Crippen LogP contribution in [0.5, 0.6) is 0 Å². The zero-order valence-corrected chi connectivity index (χ0v) is 14.0. The van der Waals surface area contributed by atoms with Gasteiger partial charge in [0.2, 0.25) is 0 Å². The van der Waals surface area contributed by atoms with Gasteiger partial charge in [0, 0.05) is 18.3 Å². The Morgan fingerprint density at radius 2 is 1.95 bits per heavy atom. The van der Waals surface area contributed by atoms with Crippen molar-refractivity contribution in [2.45, 2.75) is 45.1 Å². The molecule has 4 bridgehead atoms. The lowest BCUT2D eigenvalue weighted by Crippen LogP contribution is -2.44. The van der Waals surface area contributed by atoms with Crippen LogP contribution in [0.3, 0.4) is 0 Å². The largest absolute Gasteiger partial charge is 0.395 e. The summed E-state index contributed by atoms with van der Waals surface area (Å²) in [6.07, 6.45) is 9.36. The van der Waals surface area contributed by atoms with Crippen molar-refractivity contribution in [3.63, 3.8) is 0 Å². The molecule has 0 saturated heterocycles. The zero-order chi connectivity index (χ0) is 13.9. The van der Waals surface area contributed by atoms with Gasteiger partial charge in [-0.1, -0.05) is 19.1 Å². The molecule has 111 valence electrons. The summed E-state index contributed by atoms with van der Waals surface area (Å²) in [5.41, 5.74) is 0. The number of allylic oxidation sites excluding steroid dienone is 2. The fraction of sp³-hybridized carbons (Fsp3) is 0.882. The lowest BCUT2D eigenvalue weighted by Gasteiger charge is -2.43. The van der Waals surface area contributed by atoms with Gasteiger partial charge in [0.15, 0.2) is 0 Å². The molecule has 7 atom stereocenters. The smallest absolute Gasteiger partial charge is 0.393 e. The van der Waals surface area contributed by atoms with Crippen LogP contribution in [0.1, 0.15) is 40.0 Å². The average molecular weight is 291 g/mol. The molecule has 2 nitrogen and oxygen atoms in total. The van der Waals surface area contributed by atoms with Crippen LogP contribution >= 0.6 is 0 Å². The molecule has 0 aromatic rings. The van der Waals surface area contributed by atoms with E-state index in [2.05, 4.69) is 32.9 Å². The number of rotatable bonds is 5. The van der Waals surface area contributed by atoms with E-state index in [4.69, 9.17) is 8.85 Å². The molecule has 4 rings (SSSR count). The van der Waals surface area contributed by atoms with Crippen LogP contribution in [-0.2, 0) is 8.85 Å². The third kappa shape index (κ3) is 1.57. The predicted molar refractivity (Wildman–Crippen MR) is 81.3 cm³/mol. The van der Waals surface area contributed by atoms with Gasteiger partial charge in [-0.25, -0.2) is 0 Å². The summed E-state index contributed by atoms with van der Waals surface area (Å²) in [5.74, 6) is 5.55. The molecule has 0 N–H and O–H groups in total. The van der Waals surface area contributed by atoms with E-state index in [0.717, 1.165) is 48.7 Å². The van der Waals surface area contributed by atoms with Gasteiger partial charge in [0.25, 0.3) is 0 Å². The molecule has 7 unspecified atom stereocenters. The predicted octanol–water partition coefficient (Wildman–Crippen LogP) is 3.79. The van der Waals surface area contributed by atoms with Crippen molar-refractivity contribution in [2.24, 2.45) is 35.5 Å². The molecule has 0 amide bonds. The van der Waals surface area contributed by atoms with E-state index in [-0.39, 0.29) is 0 Å². The first kappa shape index (κ1) is 13.5. The Balaban J connectivity index is 1.68. The van der Waals surface area contributed by atoms with E-state index < -0.39 is 9.28 Å². The molecular weight excluding hydrogens is 264 g/mol.